The van der Waals surface area contributed by atoms with E-state index in [1.807, 2.05) is 0 Å². The molecule has 5 saturated heterocycles. The summed E-state index contributed by atoms with van der Waals surface area (Å²) < 4.78 is 49.1. The van der Waals surface area contributed by atoms with Gasteiger partial charge in [0.1, 0.15) is 91.6 Å². The van der Waals surface area contributed by atoms with Crippen molar-refractivity contribution in [3.63, 3.8) is 0 Å². The van der Waals surface area contributed by atoms with E-state index in [1.165, 1.54) is 13.8 Å². The standard InChI is InChI=1S/C27H46O21/c1-6-11(31)21(18(38)27(43-6)48-22-13(33)9(29)3-40-23(22)39)47-25-17(37)20(10(30)5-42-25)46-26-16(36)14(34)19(7(2)44-26)45-24-15(35)12(32)8(28)4-41-24/h6-39H,3-5H2,1-2H3/t6-,7-,8+,9-,10+,11-,12-,13-,14-,15+,16+,17+,18+,19-,20-,21+,22+,23+,24-,25-,26-,27-/m0/s1. The van der Waals surface area contributed by atoms with Crippen LogP contribution in [0.1, 0.15) is 13.8 Å². The summed E-state index contributed by atoms with van der Waals surface area (Å²) in [6.45, 7) is 1.55. The predicted octanol–water partition coefficient (Wildman–Crippen LogP) is -7.95. The van der Waals surface area contributed by atoms with Crippen LogP contribution in [0.2, 0.25) is 0 Å². The van der Waals surface area contributed by atoms with Gasteiger partial charge in [0, 0.05) is 0 Å². The molecule has 12 N–H and O–H groups in total. The fourth-order valence-electron chi connectivity index (χ4n) is 6.08. The molecule has 0 aromatic heterocycles. The summed E-state index contributed by atoms with van der Waals surface area (Å²) in [5.41, 5.74) is 0. The fourth-order valence-corrected chi connectivity index (χ4v) is 6.08. The van der Waals surface area contributed by atoms with Crippen molar-refractivity contribution in [1.29, 1.82) is 0 Å². The Labute approximate surface area is 273 Å². The lowest BCUT2D eigenvalue weighted by Crippen LogP contribution is -2.65. The van der Waals surface area contributed by atoms with E-state index in [1.54, 1.807) is 0 Å². The van der Waals surface area contributed by atoms with E-state index >= 15 is 0 Å². The molecule has 0 aromatic rings. The largest absolute Gasteiger partial charge is 0.388 e. The third-order valence-electron chi connectivity index (χ3n) is 9.05. The van der Waals surface area contributed by atoms with Crippen molar-refractivity contribution in [3.8, 4) is 0 Å². The molecule has 5 fully saturated rings. The van der Waals surface area contributed by atoms with Crippen molar-refractivity contribution in [1.82, 2.24) is 0 Å². The minimum absolute atomic E-state index is 0.377. The van der Waals surface area contributed by atoms with Gasteiger partial charge in [0.2, 0.25) is 0 Å². The van der Waals surface area contributed by atoms with Crippen LogP contribution in [-0.4, -0.2) is 216 Å². The molecule has 48 heavy (non-hydrogen) atoms. The van der Waals surface area contributed by atoms with Gasteiger partial charge in [0.05, 0.1) is 32.0 Å². The first-order chi connectivity index (χ1) is 22.6. The van der Waals surface area contributed by atoms with Crippen LogP contribution < -0.4 is 0 Å². The van der Waals surface area contributed by atoms with Crippen molar-refractivity contribution in [2.75, 3.05) is 19.8 Å². The Bertz CT molecular complexity index is 1030. The first kappa shape index (κ1) is 38.4. The maximum atomic E-state index is 11.1. The number of aliphatic hydroxyl groups is 12. The van der Waals surface area contributed by atoms with E-state index in [2.05, 4.69) is 0 Å². The van der Waals surface area contributed by atoms with Gasteiger partial charge in [-0.2, -0.15) is 0 Å². The van der Waals surface area contributed by atoms with Crippen LogP contribution in [-0.2, 0) is 42.6 Å². The van der Waals surface area contributed by atoms with Gasteiger partial charge in [0.25, 0.3) is 0 Å². The first-order valence-electron chi connectivity index (χ1n) is 15.5. The normalized spacial score (nSPS) is 55.4. The van der Waals surface area contributed by atoms with Gasteiger partial charge in [-0.15, -0.1) is 0 Å². The molecule has 0 unspecified atom stereocenters. The van der Waals surface area contributed by atoms with E-state index in [0.717, 1.165) is 0 Å². The molecule has 21 heteroatoms. The molecule has 5 rings (SSSR count). The number of hydrogen-bond acceptors (Lipinski definition) is 21. The highest BCUT2D eigenvalue weighted by molar-refractivity contribution is 4.95. The van der Waals surface area contributed by atoms with Crippen LogP contribution in [0.4, 0.5) is 0 Å². The highest BCUT2D eigenvalue weighted by atomic mass is 16.8. The molecule has 22 atom stereocenters. The minimum Gasteiger partial charge on any atom is -0.388 e. The quantitative estimate of drug-likeness (QED) is 0.111. The summed E-state index contributed by atoms with van der Waals surface area (Å²) in [4.78, 5) is 0. The molecule has 280 valence electrons. The van der Waals surface area contributed by atoms with E-state index in [4.69, 9.17) is 42.6 Å². The lowest BCUT2D eigenvalue weighted by molar-refractivity contribution is -0.382. The van der Waals surface area contributed by atoms with E-state index in [-0.39, 0.29) is 13.2 Å². The van der Waals surface area contributed by atoms with Crippen molar-refractivity contribution < 1.29 is 104 Å². The van der Waals surface area contributed by atoms with Crippen LogP contribution in [0, 0.1) is 0 Å². The third kappa shape index (κ3) is 7.81. The van der Waals surface area contributed by atoms with Gasteiger partial charge >= 0.3 is 0 Å². The number of rotatable bonds is 8. The molecular formula is C27H46O21. The van der Waals surface area contributed by atoms with Gasteiger partial charge in [-0.3, -0.25) is 0 Å². The topological polar surface area (TPSA) is 326 Å². The Kier molecular flexibility index (Phi) is 12.6. The summed E-state index contributed by atoms with van der Waals surface area (Å²) in [7, 11) is 0. The average Bonchev–Trinajstić information content (AvgIpc) is 3.05. The molecule has 5 aliphatic rings. The van der Waals surface area contributed by atoms with Crippen LogP contribution >= 0.6 is 0 Å². The van der Waals surface area contributed by atoms with Crippen LogP contribution in [0.25, 0.3) is 0 Å². The fraction of sp³-hybridized carbons (Fsp3) is 1.00. The lowest BCUT2D eigenvalue weighted by Gasteiger charge is -2.47. The summed E-state index contributed by atoms with van der Waals surface area (Å²) in [5, 5.41) is 125. The van der Waals surface area contributed by atoms with Gasteiger partial charge in [-0.05, 0) is 13.8 Å². The molecule has 0 aliphatic carbocycles. The maximum Gasteiger partial charge on any atom is 0.187 e. The highest BCUT2D eigenvalue weighted by Gasteiger charge is 2.53. The maximum absolute atomic E-state index is 11.1. The van der Waals surface area contributed by atoms with Crippen molar-refractivity contribution >= 4 is 0 Å². The molecule has 5 aliphatic heterocycles. The van der Waals surface area contributed by atoms with E-state index < -0.39 is 142 Å². The average molecular weight is 707 g/mol. The Morgan fingerprint density at radius 2 is 0.833 bits per heavy atom. The minimum atomic E-state index is -1.85. The number of aliphatic hydroxyl groups excluding tert-OH is 12. The summed E-state index contributed by atoms with van der Waals surface area (Å²) in [6, 6.07) is 0. The molecule has 0 bridgehead atoms. The SMILES string of the molecule is C[C@@H]1O[C@@H](O[C@@H]2[C@@H](O)[C@@H](O)CO[C@H]2O)[C@H](O)[C@H](O[C@@H]2OC[C@@H](O)[C@H](O[C@@H]3O[C@@H](C)[C@H](O[C@@H]4OC[C@@H](O)[C@H](O)[C@H]4O)[C@@H](O)[C@H]3O)[C@H]2O)[C@H]1O. The zero-order valence-corrected chi connectivity index (χ0v) is 25.9. The monoisotopic (exact) mass is 706 g/mol. The second kappa shape index (κ2) is 15.8. The molecule has 5 heterocycles. The van der Waals surface area contributed by atoms with Crippen LogP contribution in [0.15, 0.2) is 0 Å². The Hall–Kier alpha value is -0.840. The van der Waals surface area contributed by atoms with Gasteiger partial charge < -0.3 is 104 Å². The predicted molar refractivity (Wildman–Crippen MR) is 146 cm³/mol. The van der Waals surface area contributed by atoms with Crippen LogP contribution in [0.5, 0.6) is 0 Å². The first-order valence-corrected chi connectivity index (χ1v) is 15.5. The smallest absolute Gasteiger partial charge is 0.187 e. The Balaban J connectivity index is 1.21. The van der Waals surface area contributed by atoms with Crippen molar-refractivity contribution in [2.45, 2.75) is 149 Å². The highest BCUT2D eigenvalue weighted by Crippen LogP contribution is 2.33. The number of ether oxygens (including phenoxy) is 9. The van der Waals surface area contributed by atoms with Crippen LogP contribution in [0.3, 0.4) is 0 Å². The van der Waals surface area contributed by atoms with Gasteiger partial charge in [0.15, 0.2) is 31.5 Å². The second-order valence-corrected chi connectivity index (χ2v) is 12.6. The third-order valence-corrected chi connectivity index (χ3v) is 9.05. The summed E-state index contributed by atoms with van der Waals surface area (Å²) >= 11 is 0. The van der Waals surface area contributed by atoms with Crippen molar-refractivity contribution in [3.05, 3.63) is 0 Å². The zero-order valence-electron chi connectivity index (χ0n) is 25.9. The zero-order chi connectivity index (χ0) is 35.2. The Morgan fingerprint density at radius 1 is 0.375 bits per heavy atom. The second-order valence-electron chi connectivity index (χ2n) is 12.6. The van der Waals surface area contributed by atoms with Crippen molar-refractivity contribution in [2.24, 2.45) is 0 Å². The molecular weight excluding hydrogens is 660 g/mol. The molecule has 0 spiro atoms. The molecule has 0 aromatic carbocycles. The lowest BCUT2D eigenvalue weighted by atomic mass is 9.97. The van der Waals surface area contributed by atoms with E-state index in [9.17, 15) is 61.3 Å². The summed E-state index contributed by atoms with van der Waals surface area (Å²) in [6.07, 6.45) is -34.4. The molecule has 21 nitrogen and oxygen atoms in total. The molecule has 0 radical (unpaired) electrons. The van der Waals surface area contributed by atoms with Gasteiger partial charge in [-0.1, -0.05) is 0 Å². The summed E-state index contributed by atoms with van der Waals surface area (Å²) in [5.74, 6) is 0. The van der Waals surface area contributed by atoms with E-state index in [0.29, 0.717) is 0 Å². The molecule has 0 saturated carbocycles. The molecule has 0 amide bonds. The van der Waals surface area contributed by atoms with Gasteiger partial charge in [-0.25, -0.2) is 0 Å². The number of hydrogen-bond donors (Lipinski definition) is 12. The Morgan fingerprint density at radius 3 is 1.52 bits per heavy atom.